The minimum absolute atomic E-state index is 0.0753. The van der Waals surface area contributed by atoms with Gasteiger partial charge in [0, 0.05) is 17.9 Å². The van der Waals surface area contributed by atoms with Gasteiger partial charge in [0.05, 0.1) is 16.4 Å². The van der Waals surface area contributed by atoms with E-state index in [-0.39, 0.29) is 17.6 Å². The molecule has 0 radical (unpaired) electrons. The second kappa shape index (κ2) is 5.67. The molecule has 6 nitrogen and oxygen atoms in total. The van der Waals surface area contributed by atoms with E-state index in [4.69, 9.17) is 0 Å². The first-order valence-electron chi connectivity index (χ1n) is 8.22. The van der Waals surface area contributed by atoms with Gasteiger partial charge < -0.3 is 10.4 Å². The molecular weight excluding hydrogens is 348 g/mol. The van der Waals surface area contributed by atoms with Crippen molar-refractivity contribution in [3.05, 3.63) is 65.9 Å². The number of para-hydroxylation sites is 1. The fourth-order valence-corrected chi connectivity index (χ4v) is 4.28. The second-order valence-electron chi connectivity index (χ2n) is 6.22. The van der Waals surface area contributed by atoms with Crippen molar-refractivity contribution < 1.29 is 9.90 Å². The predicted octanol–water partition coefficient (Wildman–Crippen LogP) is 3.66. The van der Waals surface area contributed by atoms with Gasteiger partial charge in [-0.3, -0.25) is 4.79 Å². The lowest BCUT2D eigenvalue weighted by Gasteiger charge is -2.23. The average Bonchev–Trinajstić information content (AvgIpc) is 3.24. The van der Waals surface area contributed by atoms with E-state index in [0.29, 0.717) is 17.4 Å². The van der Waals surface area contributed by atoms with E-state index in [1.54, 1.807) is 29.1 Å². The van der Waals surface area contributed by atoms with Crippen molar-refractivity contribution >= 4 is 33.3 Å². The Balaban J connectivity index is 1.64. The van der Waals surface area contributed by atoms with Crippen molar-refractivity contribution in [3.8, 4) is 10.9 Å². The van der Waals surface area contributed by atoms with Crippen LogP contribution in [0.3, 0.4) is 0 Å². The zero-order valence-electron chi connectivity index (χ0n) is 13.6. The number of anilines is 1. The molecule has 5 rings (SSSR count). The van der Waals surface area contributed by atoms with Crippen LogP contribution in [0.2, 0.25) is 0 Å². The van der Waals surface area contributed by atoms with E-state index >= 15 is 0 Å². The number of nitrogens with zero attached hydrogens (tertiary/aromatic N) is 3. The summed E-state index contributed by atoms with van der Waals surface area (Å²) in [6.45, 7) is 0. The number of aromatic nitrogens is 3. The Morgan fingerprint density at radius 2 is 2.08 bits per heavy atom. The summed E-state index contributed by atoms with van der Waals surface area (Å²) in [6.07, 6.45) is 2.09. The molecule has 1 atom stereocenters. The number of benzene rings is 2. The van der Waals surface area contributed by atoms with Crippen molar-refractivity contribution in [3.63, 3.8) is 0 Å². The van der Waals surface area contributed by atoms with Gasteiger partial charge in [-0.25, -0.2) is 4.98 Å². The molecule has 1 aliphatic heterocycles. The topological polar surface area (TPSA) is 80.0 Å². The standard InChI is InChI=1S/C19H14N4O2S/c24-12-5-3-4-11(8-12)13-9-17(25)22-18-14(13)10-20-23(18)19-21-15-6-1-2-7-16(15)26-19/h1-8,10,13,24H,9H2,(H,22,25)/t13-/m1/s1. The number of thiazole rings is 1. The number of carbonyl (C=O) groups excluding carboxylic acids is 1. The number of phenolic OH excluding ortho intramolecular Hbond substituents is 1. The Labute approximate surface area is 152 Å². The fraction of sp³-hybridized carbons (Fsp3) is 0.105. The van der Waals surface area contributed by atoms with Crippen LogP contribution < -0.4 is 5.32 Å². The number of fused-ring (bicyclic) bond motifs is 2. The first-order valence-corrected chi connectivity index (χ1v) is 9.03. The third-order valence-corrected chi connectivity index (χ3v) is 5.57. The van der Waals surface area contributed by atoms with E-state index in [0.717, 1.165) is 21.3 Å². The largest absolute Gasteiger partial charge is 0.508 e. The number of amides is 1. The van der Waals surface area contributed by atoms with Crippen LogP contribution in [0.15, 0.2) is 54.7 Å². The number of nitrogens with one attached hydrogen (secondary N) is 1. The highest BCUT2D eigenvalue weighted by atomic mass is 32.1. The van der Waals surface area contributed by atoms with E-state index < -0.39 is 0 Å². The third-order valence-electron chi connectivity index (χ3n) is 4.56. The summed E-state index contributed by atoms with van der Waals surface area (Å²) in [5.74, 6) is 0.616. The molecule has 128 valence electrons. The van der Waals surface area contributed by atoms with Crippen LogP contribution >= 0.6 is 11.3 Å². The van der Waals surface area contributed by atoms with E-state index in [1.807, 2.05) is 30.3 Å². The number of hydrogen-bond donors (Lipinski definition) is 2. The van der Waals surface area contributed by atoms with Crippen LogP contribution in [0.25, 0.3) is 15.3 Å². The number of rotatable bonds is 2. The molecule has 0 spiro atoms. The SMILES string of the molecule is O=C1C[C@H](c2cccc(O)c2)c2cnn(-c3nc4ccccc4s3)c2N1. The summed E-state index contributed by atoms with van der Waals surface area (Å²) in [5, 5.41) is 17.9. The van der Waals surface area contributed by atoms with Crippen LogP contribution in [0, 0.1) is 0 Å². The Morgan fingerprint density at radius 1 is 1.19 bits per heavy atom. The molecule has 1 amide bonds. The quantitative estimate of drug-likeness (QED) is 0.570. The molecule has 7 heteroatoms. The Hall–Kier alpha value is -3.19. The minimum atomic E-state index is -0.144. The van der Waals surface area contributed by atoms with Gasteiger partial charge in [0.2, 0.25) is 11.0 Å². The Morgan fingerprint density at radius 3 is 2.92 bits per heavy atom. The monoisotopic (exact) mass is 362 g/mol. The van der Waals surface area contributed by atoms with Crippen molar-refractivity contribution in [2.24, 2.45) is 0 Å². The number of aromatic hydroxyl groups is 1. The first-order chi connectivity index (χ1) is 12.7. The summed E-state index contributed by atoms with van der Waals surface area (Å²) in [7, 11) is 0. The van der Waals surface area contributed by atoms with Gasteiger partial charge in [-0.1, -0.05) is 35.6 Å². The van der Waals surface area contributed by atoms with Gasteiger partial charge in [-0.2, -0.15) is 9.78 Å². The van der Waals surface area contributed by atoms with Crippen LogP contribution in [0.4, 0.5) is 5.82 Å². The molecule has 0 bridgehead atoms. The summed E-state index contributed by atoms with van der Waals surface area (Å²) in [5.41, 5.74) is 2.72. The van der Waals surface area contributed by atoms with Crippen molar-refractivity contribution in [2.45, 2.75) is 12.3 Å². The van der Waals surface area contributed by atoms with Gasteiger partial charge in [0.1, 0.15) is 11.6 Å². The number of carbonyl (C=O) groups is 1. The zero-order valence-corrected chi connectivity index (χ0v) is 14.4. The molecule has 26 heavy (non-hydrogen) atoms. The molecule has 1 aliphatic rings. The van der Waals surface area contributed by atoms with Crippen LogP contribution in [0.5, 0.6) is 5.75 Å². The smallest absolute Gasteiger partial charge is 0.226 e. The summed E-state index contributed by atoms with van der Waals surface area (Å²) >= 11 is 1.53. The highest BCUT2D eigenvalue weighted by molar-refractivity contribution is 7.20. The molecule has 3 heterocycles. The predicted molar refractivity (Wildman–Crippen MR) is 99.9 cm³/mol. The van der Waals surface area contributed by atoms with Gasteiger partial charge in [-0.05, 0) is 29.8 Å². The average molecular weight is 362 g/mol. The Kier molecular flexibility index (Phi) is 3.29. The van der Waals surface area contributed by atoms with Crippen LogP contribution in [-0.4, -0.2) is 25.8 Å². The maximum absolute atomic E-state index is 12.3. The van der Waals surface area contributed by atoms with E-state index in [9.17, 15) is 9.90 Å². The Bertz CT molecular complexity index is 1110. The third kappa shape index (κ3) is 2.36. The van der Waals surface area contributed by atoms with E-state index in [2.05, 4.69) is 15.4 Å². The van der Waals surface area contributed by atoms with Gasteiger partial charge in [0.25, 0.3) is 0 Å². The molecule has 0 aliphatic carbocycles. The lowest BCUT2D eigenvalue weighted by atomic mass is 9.87. The molecule has 2 aromatic carbocycles. The maximum atomic E-state index is 12.3. The molecule has 2 aromatic heterocycles. The van der Waals surface area contributed by atoms with Crippen LogP contribution in [-0.2, 0) is 4.79 Å². The van der Waals surface area contributed by atoms with E-state index in [1.165, 1.54) is 11.3 Å². The molecule has 0 unspecified atom stereocenters. The normalized spacial score (nSPS) is 16.5. The highest BCUT2D eigenvalue weighted by Crippen LogP contribution is 2.39. The molecule has 0 saturated carbocycles. The van der Waals surface area contributed by atoms with Gasteiger partial charge in [0.15, 0.2) is 0 Å². The van der Waals surface area contributed by atoms with Crippen molar-refractivity contribution in [2.75, 3.05) is 5.32 Å². The zero-order chi connectivity index (χ0) is 17.7. The van der Waals surface area contributed by atoms with Crippen LogP contribution in [0.1, 0.15) is 23.5 Å². The molecule has 2 N–H and O–H groups in total. The fourth-order valence-electron chi connectivity index (χ4n) is 3.35. The molecule has 4 aromatic rings. The molecule has 0 fully saturated rings. The second-order valence-corrected chi connectivity index (χ2v) is 7.23. The number of hydrogen-bond acceptors (Lipinski definition) is 5. The lowest BCUT2D eigenvalue weighted by Crippen LogP contribution is -2.24. The molecule has 0 saturated heterocycles. The summed E-state index contributed by atoms with van der Waals surface area (Å²) in [4.78, 5) is 16.9. The summed E-state index contributed by atoms with van der Waals surface area (Å²) < 4.78 is 2.76. The van der Waals surface area contributed by atoms with Gasteiger partial charge >= 0.3 is 0 Å². The van der Waals surface area contributed by atoms with Crippen molar-refractivity contribution in [1.82, 2.24) is 14.8 Å². The number of phenols is 1. The lowest BCUT2D eigenvalue weighted by molar-refractivity contribution is -0.116. The minimum Gasteiger partial charge on any atom is -0.508 e. The molecular formula is C19H14N4O2S. The maximum Gasteiger partial charge on any atom is 0.226 e. The van der Waals surface area contributed by atoms with Gasteiger partial charge in [-0.15, -0.1) is 0 Å². The first kappa shape index (κ1) is 15.1. The summed E-state index contributed by atoms with van der Waals surface area (Å²) in [6, 6.07) is 14.9. The van der Waals surface area contributed by atoms with Crippen molar-refractivity contribution in [1.29, 1.82) is 0 Å². The highest BCUT2D eigenvalue weighted by Gasteiger charge is 2.31.